The number of benzene rings is 1. The van der Waals surface area contributed by atoms with Gasteiger partial charge in [0.15, 0.2) is 0 Å². The summed E-state index contributed by atoms with van der Waals surface area (Å²) in [6, 6.07) is 8.32. The Morgan fingerprint density at radius 2 is 1.93 bits per heavy atom. The number of aliphatic imine (C=N–C) groups is 1. The van der Waals surface area contributed by atoms with Gasteiger partial charge in [0.25, 0.3) is 0 Å². The molecule has 0 aromatic heterocycles. The van der Waals surface area contributed by atoms with E-state index in [4.69, 9.17) is 0 Å². The second-order valence-corrected chi connectivity index (χ2v) is 3.32. The van der Waals surface area contributed by atoms with Gasteiger partial charge in [-0.3, -0.25) is 4.99 Å². The van der Waals surface area contributed by atoms with Gasteiger partial charge in [-0.1, -0.05) is 24.3 Å². The molecule has 0 spiro atoms. The molecule has 3 rings (SSSR count). The topological polar surface area (TPSA) is 24.4 Å². The van der Waals surface area contributed by atoms with Crippen LogP contribution in [0.5, 0.6) is 0 Å². The molecular formula is C11H12Cl2N2. The molecule has 2 nitrogen and oxygen atoms in total. The number of hydrogen-bond donors (Lipinski definition) is 1. The Morgan fingerprint density at radius 3 is 2.80 bits per heavy atom. The smallest absolute Gasteiger partial charge is 0.0712 e. The second kappa shape index (κ2) is 4.79. The zero-order chi connectivity index (χ0) is 8.67. The monoisotopic (exact) mass is 242 g/mol. The van der Waals surface area contributed by atoms with Gasteiger partial charge in [-0.25, -0.2) is 0 Å². The molecule has 0 saturated heterocycles. The molecule has 2 aliphatic heterocycles. The zero-order valence-corrected chi connectivity index (χ0v) is 9.70. The highest BCUT2D eigenvalue weighted by atomic mass is 35.5. The molecule has 1 aromatic rings. The first-order valence-electron chi connectivity index (χ1n) is 4.53. The number of halogens is 2. The van der Waals surface area contributed by atoms with Gasteiger partial charge in [-0.15, -0.1) is 24.8 Å². The highest BCUT2D eigenvalue weighted by Gasteiger charge is 2.21. The van der Waals surface area contributed by atoms with Crippen LogP contribution in [0.2, 0.25) is 0 Å². The van der Waals surface area contributed by atoms with Crippen LogP contribution in [0.3, 0.4) is 0 Å². The lowest BCUT2D eigenvalue weighted by atomic mass is 10.0. The fourth-order valence-electron chi connectivity index (χ4n) is 1.89. The molecule has 2 heterocycles. The minimum absolute atomic E-state index is 0. The lowest BCUT2D eigenvalue weighted by molar-refractivity contribution is 0.858. The van der Waals surface area contributed by atoms with E-state index in [9.17, 15) is 0 Å². The van der Waals surface area contributed by atoms with E-state index in [0.29, 0.717) is 0 Å². The molecule has 0 atom stereocenters. The van der Waals surface area contributed by atoms with Crippen molar-refractivity contribution in [3.8, 4) is 0 Å². The maximum absolute atomic E-state index is 4.56. The first-order chi connectivity index (χ1) is 6.45. The lowest BCUT2D eigenvalue weighted by Gasteiger charge is -2.11. The first kappa shape index (κ1) is 12.2. The van der Waals surface area contributed by atoms with Crippen LogP contribution in [-0.4, -0.2) is 18.8 Å². The molecule has 0 radical (unpaired) electrons. The van der Waals surface area contributed by atoms with Crippen molar-refractivity contribution in [3.05, 3.63) is 35.9 Å². The van der Waals surface area contributed by atoms with E-state index in [1.54, 1.807) is 0 Å². The van der Waals surface area contributed by atoms with E-state index < -0.39 is 0 Å². The van der Waals surface area contributed by atoms with E-state index >= 15 is 0 Å². The zero-order valence-electron chi connectivity index (χ0n) is 8.06. The molecule has 0 amide bonds. The predicted molar refractivity (Wildman–Crippen MR) is 68.9 cm³/mol. The SMILES string of the molecule is C1=C2C(=Nc3ccccc32)CNC1.Cl.Cl. The molecule has 80 valence electrons. The third-order valence-electron chi connectivity index (χ3n) is 2.50. The van der Waals surface area contributed by atoms with Crippen molar-refractivity contribution in [2.45, 2.75) is 0 Å². The number of hydrogen-bond acceptors (Lipinski definition) is 2. The van der Waals surface area contributed by atoms with Crippen LogP contribution in [0.15, 0.2) is 35.3 Å². The summed E-state index contributed by atoms with van der Waals surface area (Å²) >= 11 is 0. The van der Waals surface area contributed by atoms with Crippen molar-refractivity contribution in [2.75, 3.05) is 13.1 Å². The number of para-hydroxylation sites is 1. The summed E-state index contributed by atoms with van der Waals surface area (Å²) in [6.45, 7) is 1.86. The average molecular weight is 243 g/mol. The quantitative estimate of drug-likeness (QED) is 0.744. The van der Waals surface area contributed by atoms with Gasteiger partial charge in [0.1, 0.15) is 0 Å². The van der Waals surface area contributed by atoms with E-state index in [1.165, 1.54) is 16.8 Å². The molecule has 2 aliphatic rings. The Morgan fingerprint density at radius 1 is 1.13 bits per heavy atom. The molecular weight excluding hydrogens is 231 g/mol. The van der Waals surface area contributed by atoms with Crippen molar-refractivity contribution in [1.29, 1.82) is 0 Å². The maximum atomic E-state index is 4.56. The predicted octanol–water partition coefficient (Wildman–Crippen LogP) is 2.60. The molecule has 1 aromatic carbocycles. The summed E-state index contributed by atoms with van der Waals surface area (Å²) in [5.41, 5.74) is 4.92. The highest BCUT2D eigenvalue weighted by Crippen LogP contribution is 2.34. The van der Waals surface area contributed by atoms with Gasteiger partial charge in [0.2, 0.25) is 0 Å². The standard InChI is InChI=1S/C11H10N2.2ClH/c1-2-4-10-8(3-1)9-5-6-12-7-11(9)13-10;;/h1-5,12H,6-7H2;2*1H. The van der Waals surface area contributed by atoms with Crippen molar-refractivity contribution in [3.63, 3.8) is 0 Å². The minimum Gasteiger partial charge on any atom is -0.308 e. The van der Waals surface area contributed by atoms with Gasteiger partial charge >= 0.3 is 0 Å². The Labute approximate surface area is 101 Å². The molecule has 0 bridgehead atoms. The molecule has 0 aliphatic carbocycles. The summed E-state index contributed by atoms with van der Waals surface area (Å²) in [4.78, 5) is 4.56. The van der Waals surface area contributed by atoms with E-state index in [2.05, 4.69) is 34.6 Å². The number of nitrogens with one attached hydrogen (secondary N) is 1. The Kier molecular flexibility index (Phi) is 3.91. The second-order valence-electron chi connectivity index (χ2n) is 3.32. The largest absolute Gasteiger partial charge is 0.308 e. The summed E-state index contributed by atoms with van der Waals surface area (Å²) in [5, 5.41) is 3.28. The third kappa shape index (κ3) is 1.93. The molecule has 15 heavy (non-hydrogen) atoms. The van der Waals surface area contributed by atoms with Gasteiger partial charge in [0, 0.05) is 24.2 Å². The van der Waals surface area contributed by atoms with Gasteiger partial charge in [0.05, 0.1) is 11.4 Å². The normalized spacial score (nSPS) is 16.3. The van der Waals surface area contributed by atoms with Crippen LogP contribution in [0.4, 0.5) is 5.69 Å². The Balaban J connectivity index is 0.000000562. The fourth-order valence-corrected chi connectivity index (χ4v) is 1.89. The summed E-state index contributed by atoms with van der Waals surface area (Å²) in [5.74, 6) is 0. The molecule has 1 N–H and O–H groups in total. The molecule has 0 fully saturated rings. The van der Waals surface area contributed by atoms with Crippen LogP contribution in [0.25, 0.3) is 5.57 Å². The Bertz CT molecular complexity index is 424. The lowest BCUT2D eigenvalue weighted by Crippen LogP contribution is -2.27. The summed E-state index contributed by atoms with van der Waals surface area (Å²) < 4.78 is 0. The van der Waals surface area contributed by atoms with E-state index in [1.807, 2.05) is 6.07 Å². The number of rotatable bonds is 0. The summed E-state index contributed by atoms with van der Waals surface area (Å²) in [7, 11) is 0. The Hall–Kier alpha value is -0.830. The van der Waals surface area contributed by atoms with Crippen LogP contribution in [-0.2, 0) is 0 Å². The number of fused-ring (bicyclic) bond motifs is 3. The van der Waals surface area contributed by atoms with Gasteiger partial charge in [-0.05, 0) is 6.07 Å². The van der Waals surface area contributed by atoms with Crippen molar-refractivity contribution >= 4 is 41.8 Å². The fraction of sp³-hybridized carbons (Fsp3) is 0.182. The summed E-state index contributed by atoms with van der Waals surface area (Å²) in [6.07, 6.45) is 2.22. The average Bonchev–Trinajstić information content (AvgIpc) is 2.56. The van der Waals surface area contributed by atoms with Crippen molar-refractivity contribution in [1.82, 2.24) is 5.32 Å². The van der Waals surface area contributed by atoms with Crippen LogP contribution in [0.1, 0.15) is 5.56 Å². The van der Waals surface area contributed by atoms with Crippen LogP contribution in [0, 0.1) is 0 Å². The van der Waals surface area contributed by atoms with Crippen LogP contribution >= 0.6 is 24.8 Å². The first-order valence-corrected chi connectivity index (χ1v) is 4.53. The van der Waals surface area contributed by atoms with Gasteiger partial charge in [-0.2, -0.15) is 0 Å². The van der Waals surface area contributed by atoms with Crippen molar-refractivity contribution in [2.24, 2.45) is 4.99 Å². The molecule has 0 unspecified atom stereocenters. The van der Waals surface area contributed by atoms with Crippen LogP contribution < -0.4 is 5.32 Å². The van der Waals surface area contributed by atoms with Crippen molar-refractivity contribution < 1.29 is 0 Å². The van der Waals surface area contributed by atoms with E-state index in [0.717, 1.165) is 18.8 Å². The number of nitrogens with zero attached hydrogens (tertiary/aromatic N) is 1. The van der Waals surface area contributed by atoms with Gasteiger partial charge < -0.3 is 5.32 Å². The molecule has 4 heteroatoms. The third-order valence-corrected chi connectivity index (χ3v) is 2.50. The highest BCUT2D eigenvalue weighted by molar-refractivity contribution is 6.30. The maximum Gasteiger partial charge on any atom is 0.0712 e. The minimum atomic E-state index is 0. The molecule has 0 saturated carbocycles. The van der Waals surface area contributed by atoms with E-state index in [-0.39, 0.29) is 24.8 Å².